The van der Waals surface area contributed by atoms with Gasteiger partial charge in [-0.25, -0.2) is 26.9 Å². The van der Waals surface area contributed by atoms with Gasteiger partial charge in [-0.2, -0.15) is 0 Å². The van der Waals surface area contributed by atoms with E-state index in [2.05, 4.69) is 24.8 Å². The number of morpholine rings is 1. The van der Waals surface area contributed by atoms with Crippen molar-refractivity contribution >= 4 is 32.7 Å². The quantitative estimate of drug-likeness (QED) is 0.446. The van der Waals surface area contributed by atoms with E-state index in [9.17, 15) is 22.3 Å². The minimum atomic E-state index is -3.88. The van der Waals surface area contributed by atoms with E-state index in [1.54, 1.807) is 10.5 Å². The number of piperazine rings is 1. The molecule has 1 aliphatic carbocycles. The van der Waals surface area contributed by atoms with Crippen molar-refractivity contribution in [2.24, 2.45) is 0 Å². The summed E-state index contributed by atoms with van der Waals surface area (Å²) in [5, 5.41) is 17.1. The van der Waals surface area contributed by atoms with Crippen LogP contribution in [0.4, 0.5) is 14.5 Å². The molecule has 5 heterocycles. The predicted molar refractivity (Wildman–Crippen MR) is 131 cm³/mol. The van der Waals surface area contributed by atoms with Gasteiger partial charge in [0.15, 0.2) is 15.7 Å². The van der Waals surface area contributed by atoms with Crippen LogP contribution in [0.2, 0.25) is 0 Å². The molecule has 3 fully saturated rings. The molecule has 0 spiro atoms. The second-order valence-electron chi connectivity index (χ2n) is 9.95. The van der Waals surface area contributed by atoms with Gasteiger partial charge >= 0.3 is 0 Å². The molecule has 2 saturated heterocycles. The van der Waals surface area contributed by atoms with Gasteiger partial charge < -0.3 is 14.7 Å². The van der Waals surface area contributed by atoms with E-state index in [1.165, 1.54) is 12.4 Å². The van der Waals surface area contributed by atoms with Crippen molar-refractivity contribution in [2.45, 2.75) is 48.8 Å². The molecule has 15 heteroatoms. The maximum absolute atomic E-state index is 13.4. The summed E-state index contributed by atoms with van der Waals surface area (Å²) in [7, 11) is -3.88. The third-order valence-electron chi connectivity index (χ3n) is 7.29. The van der Waals surface area contributed by atoms with Crippen LogP contribution in [0, 0.1) is 0 Å². The molecule has 37 heavy (non-hydrogen) atoms. The number of aliphatic hydroxyl groups is 1. The Morgan fingerprint density at radius 1 is 1.30 bits per heavy atom. The first-order valence-corrected chi connectivity index (χ1v) is 14.4. The molecule has 2 aliphatic heterocycles. The molecule has 200 valence electrons. The summed E-state index contributed by atoms with van der Waals surface area (Å²) in [6, 6.07) is 1.54. The average molecular weight is 556 g/mol. The van der Waals surface area contributed by atoms with Crippen LogP contribution in [0.15, 0.2) is 23.4 Å². The summed E-state index contributed by atoms with van der Waals surface area (Å²) < 4.78 is 63.3. The zero-order valence-electron chi connectivity index (χ0n) is 20.0. The molecule has 1 saturated carbocycles. The standard InChI is InChI=1S/C22H27F2N7O4S2/c1-22(2-3-22)28-37(33,34)13-8-14(30-5-4-29-6-7-35-17(12-32)16(29)11-30)19-25-9-15(31(19)10-13)20-26-27-21(36-20)18(23)24/h8-10,16-18,28,32H,2-7,11-12H2,1H3/t16-,17-/m0/s1. The number of hydrogen-bond acceptors (Lipinski definition) is 10. The smallest absolute Gasteiger partial charge is 0.291 e. The molecule has 0 unspecified atom stereocenters. The third kappa shape index (κ3) is 4.61. The Bertz CT molecular complexity index is 1420. The van der Waals surface area contributed by atoms with E-state index >= 15 is 0 Å². The van der Waals surface area contributed by atoms with E-state index in [0.717, 1.165) is 30.7 Å². The second-order valence-corrected chi connectivity index (χ2v) is 12.6. The van der Waals surface area contributed by atoms with Gasteiger partial charge in [-0.15, -0.1) is 10.2 Å². The van der Waals surface area contributed by atoms with Crippen LogP contribution >= 0.6 is 11.3 Å². The van der Waals surface area contributed by atoms with Crippen LogP contribution in [0.3, 0.4) is 0 Å². The molecule has 11 nitrogen and oxygen atoms in total. The monoisotopic (exact) mass is 555 g/mol. The van der Waals surface area contributed by atoms with E-state index < -0.39 is 27.0 Å². The maximum Gasteiger partial charge on any atom is 0.291 e. The van der Waals surface area contributed by atoms with Crippen LogP contribution in [-0.4, -0.2) is 95.1 Å². The van der Waals surface area contributed by atoms with Crippen molar-refractivity contribution in [3.63, 3.8) is 0 Å². The molecule has 6 rings (SSSR count). The highest BCUT2D eigenvalue weighted by Crippen LogP contribution is 2.38. The van der Waals surface area contributed by atoms with Gasteiger partial charge in [0, 0.05) is 37.9 Å². The number of rotatable bonds is 7. The number of anilines is 1. The van der Waals surface area contributed by atoms with Crippen molar-refractivity contribution in [1.29, 1.82) is 0 Å². The Hall–Kier alpha value is -2.30. The molecule has 3 aromatic rings. The maximum atomic E-state index is 13.4. The zero-order chi connectivity index (χ0) is 25.9. The van der Waals surface area contributed by atoms with E-state index in [0.29, 0.717) is 43.3 Å². The lowest BCUT2D eigenvalue weighted by Crippen LogP contribution is -2.62. The Kier molecular flexibility index (Phi) is 6.19. The van der Waals surface area contributed by atoms with E-state index in [-0.39, 0.29) is 28.7 Å². The van der Waals surface area contributed by atoms with Crippen molar-refractivity contribution in [3.05, 3.63) is 23.5 Å². The first kappa shape index (κ1) is 25.0. The van der Waals surface area contributed by atoms with Crippen LogP contribution in [0.25, 0.3) is 16.3 Å². The fourth-order valence-corrected chi connectivity index (χ4v) is 7.17. The molecule has 2 N–H and O–H groups in total. The summed E-state index contributed by atoms with van der Waals surface area (Å²) >= 11 is 0.744. The minimum Gasteiger partial charge on any atom is -0.394 e. The van der Waals surface area contributed by atoms with Crippen molar-refractivity contribution < 1.29 is 27.0 Å². The number of hydrogen-bond donors (Lipinski definition) is 2. The summed E-state index contributed by atoms with van der Waals surface area (Å²) in [6.07, 6.45) is 1.36. The van der Waals surface area contributed by atoms with Gasteiger partial charge in [0.2, 0.25) is 10.0 Å². The van der Waals surface area contributed by atoms with Crippen molar-refractivity contribution in [2.75, 3.05) is 44.3 Å². The Morgan fingerprint density at radius 3 is 2.81 bits per heavy atom. The highest BCUT2D eigenvalue weighted by Gasteiger charge is 2.42. The number of aliphatic hydroxyl groups excluding tert-OH is 1. The van der Waals surface area contributed by atoms with Crippen LogP contribution in [0.5, 0.6) is 0 Å². The summed E-state index contributed by atoms with van der Waals surface area (Å²) in [6.45, 7) is 4.90. The van der Waals surface area contributed by atoms with Gasteiger partial charge in [-0.05, 0) is 25.8 Å². The highest BCUT2D eigenvalue weighted by atomic mass is 32.2. The van der Waals surface area contributed by atoms with Crippen LogP contribution < -0.4 is 9.62 Å². The minimum absolute atomic E-state index is 0.0435. The molecule has 0 aromatic carbocycles. The number of halogens is 2. The first-order valence-electron chi connectivity index (χ1n) is 12.1. The van der Waals surface area contributed by atoms with Crippen molar-refractivity contribution in [1.82, 2.24) is 29.2 Å². The van der Waals surface area contributed by atoms with Crippen molar-refractivity contribution in [3.8, 4) is 10.7 Å². The van der Waals surface area contributed by atoms with Gasteiger partial charge in [0.05, 0.1) is 37.2 Å². The molecular formula is C22H27F2N7O4S2. The normalized spacial score (nSPS) is 24.1. The number of pyridine rings is 1. The van der Waals surface area contributed by atoms with Gasteiger partial charge in [-0.3, -0.25) is 9.30 Å². The predicted octanol–water partition coefficient (Wildman–Crippen LogP) is 1.50. The third-order valence-corrected chi connectivity index (χ3v) is 9.85. The lowest BCUT2D eigenvalue weighted by molar-refractivity contribution is -0.0934. The summed E-state index contributed by atoms with van der Waals surface area (Å²) in [5.74, 6) is 0. The Morgan fingerprint density at radius 2 is 2.11 bits per heavy atom. The van der Waals surface area contributed by atoms with E-state index in [1.807, 2.05) is 11.8 Å². The Balaban J connectivity index is 1.45. The molecule has 0 amide bonds. The number of fused-ring (bicyclic) bond motifs is 2. The fraction of sp³-hybridized carbons (Fsp3) is 0.591. The second kappa shape index (κ2) is 9.17. The number of sulfonamides is 1. The molecule has 3 aromatic heterocycles. The number of nitrogens with zero attached hydrogens (tertiary/aromatic N) is 6. The lowest BCUT2D eigenvalue weighted by atomic mass is 10.0. The number of imidazole rings is 1. The lowest BCUT2D eigenvalue weighted by Gasteiger charge is -2.47. The van der Waals surface area contributed by atoms with Gasteiger partial charge in [0.25, 0.3) is 6.43 Å². The highest BCUT2D eigenvalue weighted by molar-refractivity contribution is 7.89. The SMILES string of the molecule is CC1(NS(=O)(=O)c2cc(N3CCN4CCO[C@@H](CO)[C@@H]4C3)c3ncc(-c4nnc(C(F)F)s4)n3c2)CC1. The Labute approximate surface area is 216 Å². The molecule has 2 atom stereocenters. The molecule has 0 radical (unpaired) electrons. The van der Waals surface area contributed by atoms with Crippen LogP contribution in [0.1, 0.15) is 31.2 Å². The molecular weight excluding hydrogens is 528 g/mol. The van der Waals surface area contributed by atoms with E-state index in [4.69, 9.17) is 4.74 Å². The van der Waals surface area contributed by atoms with Gasteiger partial charge in [-0.1, -0.05) is 11.3 Å². The number of aromatic nitrogens is 4. The number of ether oxygens (including phenoxy) is 1. The number of alkyl halides is 2. The summed E-state index contributed by atoms with van der Waals surface area (Å²) in [5.41, 5.74) is 0.973. The zero-order valence-corrected chi connectivity index (χ0v) is 21.7. The average Bonchev–Trinajstić information content (AvgIpc) is 3.25. The number of nitrogens with one attached hydrogen (secondary N) is 1. The summed E-state index contributed by atoms with van der Waals surface area (Å²) in [4.78, 5) is 8.91. The largest absolute Gasteiger partial charge is 0.394 e. The topological polar surface area (TPSA) is 125 Å². The molecule has 0 bridgehead atoms. The van der Waals surface area contributed by atoms with Gasteiger partial charge in [0.1, 0.15) is 10.6 Å². The van der Waals surface area contributed by atoms with Crippen LogP contribution in [-0.2, 0) is 14.8 Å². The first-order chi connectivity index (χ1) is 17.7. The molecule has 3 aliphatic rings. The fourth-order valence-electron chi connectivity index (χ4n) is 4.99.